The third-order valence-corrected chi connectivity index (χ3v) is 3.17. The lowest BCUT2D eigenvalue weighted by Crippen LogP contribution is -2.46. The molecule has 0 spiro atoms. The number of nitrogens with one attached hydrogen (secondary N) is 1. The molecule has 1 heterocycles. The minimum atomic E-state index is 0.331. The Morgan fingerprint density at radius 2 is 2.08 bits per heavy atom. The predicted octanol–water partition coefficient (Wildman–Crippen LogP) is 2.00. The normalized spacial score (nSPS) is 23.4. The van der Waals surface area contributed by atoms with Crippen LogP contribution in [0.2, 0.25) is 0 Å². The van der Waals surface area contributed by atoms with E-state index in [4.69, 9.17) is 12.2 Å². The van der Waals surface area contributed by atoms with Crippen molar-refractivity contribution in [2.24, 2.45) is 5.41 Å². The van der Waals surface area contributed by atoms with E-state index in [0.717, 1.165) is 11.7 Å². The Kier molecular flexibility index (Phi) is 3.17. The van der Waals surface area contributed by atoms with Crippen LogP contribution in [0, 0.1) is 5.41 Å². The van der Waals surface area contributed by atoms with Gasteiger partial charge in [-0.3, -0.25) is 0 Å². The zero-order chi connectivity index (χ0) is 10.1. The van der Waals surface area contributed by atoms with E-state index in [9.17, 15) is 0 Å². The number of hydrogen-bond acceptors (Lipinski definition) is 1. The minimum Gasteiger partial charge on any atom is -0.366 e. The summed E-state index contributed by atoms with van der Waals surface area (Å²) in [5, 5.41) is 3.97. The number of thiocarbonyl (C=S) groups is 1. The molecule has 1 aliphatic heterocycles. The fraction of sp³-hybridized carbons (Fsp3) is 0.900. The number of nitrogens with zero attached hydrogens (tertiary/aromatic N) is 1. The zero-order valence-electron chi connectivity index (χ0n) is 9.05. The average molecular weight is 200 g/mol. The van der Waals surface area contributed by atoms with Gasteiger partial charge >= 0.3 is 0 Å². The van der Waals surface area contributed by atoms with Gasteiger partial charge in [0, 0.05) is 19.6 Å². The SMILES string of the molecule is CNC(=S)N1CCCC1C(C)(C)C. The Bertz CT molecular complexity index is 196. The molecule has 76 valence electrons. The Hall–Kier alpha value is -0.310. The van der Waals surface area contributed by atoms with Crippen LogP contribution in [0.1, 0.15) is 33.6 Å². The second-order valence-corrected chi connectivity index (χ2v) is 5.16. The second kappa shape index (κ2) is 3.82. The number of hydrogen-bond donors (Lipinski definition) is 1. The van der Waals surface area contributed by atoms with Gasteiger partial charge in [0.15, 0.2) is 5.11 Å². The van der Waals surface area contributed by atoms with Crippen molar-refractivity contribution in [3.05, 3.63) is 0 Å². The van der Waals surface area contributed by atoms with Gasteiger partial charge in [-0.1, -0.05) is 20.8 Å². The van der Waals surface area contributed by atoms with Gasteiger partial charge in [-0.25, -0.2) is 0 Å². The lowest BCUT2D eigenvalue weighted by atomic mass is 9.85. The maximum atomic E-state index is 5.28. The first-order valence-electron chi connectivity index (χ1n) is 4.95. The fourth-order valence-electron chi connectivity index (χ4n) is 2.05. The molecule has 0 aliphatic carbocycles. The Labute approximate surface area is 86.7 Å². The van der Waals surface area contributed by atoms with Crippen LogP contribution in [0.4, 0.5) is 0 Å². The molecule has 1 saturated heterocycles. The highest BCUT2D eigenvalue weighted by Gasteiger charge is 2.34. The van der Waals surface area contributed by atoms with Crippen molar-refractivity contribution in [2.75, 3.05) is 13.6 Å². The standard InChI is InChI=1S/C10H20N2S/c1-10(2,3)8-6-5-7-12(8)9(13)11-4/h8H,5-7H2,1-4H3,(H,11,13). The third-order valence-electron chi connectivity index (χ3n) is 2.73. The van der Waals surface area contributed by atoms with Crippen molar-refractivity contribution in [1.29, 1.82) is 0 Å². The smallest absolute Gasteiger partial charge is 0.168 e. The topological polar surface area (TPSA) is 15.3 Å². The predicted molar refractivity (Wildman–Crippen MR) is 60.8 cm³/mol. The highest BCUT2D eigenvalue weighted by Crippen LogP contribution is 2.32. The van der Waals surface area contributed by atoms with E-state index in [2.05, 4.69) is 31.0 Å². The molecule has 3 heteroatoms. The van der Waals surface area contributed by atoms with Gasteiger partial charge in [0.2, 0.25) is 0 Å². The van der Waals surface area contributed by atoms with E-state index in [1.165, 1.54) is 12.8 Å². The molecular formula is C10H20N2S. The Balaban J connectivity index is 2.70. The average Bonchev–Trinajstić information content (AvgIpc) is 2.49. The molecule has 2 nitrogen and oxygen atoms in total. The quantitative estimate of drug-likeness (QED) is 0.602. The van der Waals surface area contributed by atoms with E-state index in [0.29, 0.717) is 11.5 Å². The van der Waals surface area contributed by atoms with E-state index in [1.54, 1.807) is 0 Å². The summed E-state index contributed by atoms with van der Waals surface area (Å²) in [5.41, 5.74) is 0.331. The van der Waals surface area contributed by atoms with E-state index in [1.807, 2.05) is 7.05 Å². The van der Waals surface area contributed by atoms with Gasteiger partial charge in [-0.2, -0.15) is 0 Å². The van der Waals surface area contributed by atoms with Crippen molar-refractivity contribution in [3.8, 4) is 0 Å². The molecule has 1 atom stereocenters. The van der Waals surface area contributed by atoms with Crippen molar-refractivity contribution in [3.63, 3.8) is 0 Å². The van der Waals surface area contributed by atoms with Crippen LogP contribution in [0.3, 0.4) is 0 Å². The fourth-order valence-corrected chi connectivity index (χ4v) is 2.27. The first-order chi connectivity index (χ1) is 5.96. The summed E-state index contributed by atoms with van der Waals surface area (Å²) < 4.78 is 0. The highest BCUT2D eigenvalue weighted by atomic mass is 32.1. The molecule has 0 radical (unpaired) electrons. The molecule has 1 fully saturated rings. The third kappa shape index (κ3) is 2.33. The second-order valence-electron chi connectivity index (χ2n) is 4.77. The molecule has 13 heavy (non-hydrogen) atoms. The molecule has 1 unspecified atom stereocenters. The van der Waals surface area contributed by atoms with E-state index < -0.39 is 0 Å². The summed E-state index contributed by atoms with van der Waals surface area (Å²) in [6.45, 7) is 7.97. The summed E-state index contributed by atoms with van der Waals surface area (Å²) in [7, 11) is 1.90. The van der Waals surface area contributed by atoms with Crippen molar-refractivity contribution >= 4 is 17.3 Å². The molecular weight excluding hydrogens is 180 g/mol. The van der Waals surface area contributed by atoms with Gasteiger partial charge in [0.05, 0.1) is 0 Å². The first kappa shape index (κ1) is 10.8. The zero-order valence-corrected chi connectivity index (χ0v) is 9.87. The van der Waals surface area contributed by atoms with Crippen LogP contribution >= 0.6 is 12.2 Å². The summed E-state index contributed by atoms with van der Waals surface area (Å²) in [6.07, 6.45) is 2.54. The molecule has 1 rings (SSSR count). The molecule has 0 amide bonds. The maximum Gasteiger partial charge on any atom is 0.168 e. The summed E-state index contributed by atoms with van der Waals surface area (Å²) >= 11 is 5.28. The van der Waals surface area contributed by atoms with E-state index in [-0.39, 0.29) is 0 Å². The largest absolute Gasteiger partial charge is 0.366 e. The number of likely N-dealkylation sites (tertiary alicyclic amines) is 1. The van der Waals surface area contributed by atoms with Crippen LogP contribution in [0.15, 0.2) is 0 Å². The summed E-state index contributed by atoms with van der Waals surface area (Å²) in [5.74, 6) is 0. The molecule has 0 aromatic heterocycles. The molecule has 1 N–H and O–H groups in total. The lowest BCUT2D eigenvalue weighted by Gasteiger charge is -2.36. The molecule has 0 bridgehead atoms. The van der Waals surface area contributed by atoms with Gasteiger partial charge in [-0.05, 0) is 30.5 Å². The van der Waals surface area contributed by atoms with Gasteiger partial charge < -0.3 is 10.2 Å². The molecule has 0 aromatic carbocycles. The summed E-state index contributed by atoms with van der Waals surface area (Å²) in [4.78, 5) is 2.33. The van der Waals surface area contributed by atoms with Gasteiger partial charge in [0.1, 0.15) is 0 Å². The van der Waals surface area contributed by atoms with Gasteiger partial charge in [-0.15, -0.1) is 0 Å². The van der Waals surface area contributed by atoms with Crippen LogP contribution in [-0.4, -0.2) is 29.6 Å². The molecule has 0 saturated carbocycles. The Morgan fingerprint density at radius 3 is 2.54 bits per heavy atom. The monoisotopic (exact) mass is 200 g/mol. The summed E-state index contributed by atoms with van der Waals surface area (Å²) in [6, 6.07) is 0.604. The van der Waals surface area contributed by atoms with Crippen LogP contribution in [-0.2, 0) is 0 Å². The van der Waals surface area contributed by atoms with E-state index >= 15 is 0 Å². The first-order valence-corrected chi connectivity index (χ1v) is 5.36. The molecule has 1 aliphatic rings. The van der Waals surface area contributed by atoms with Crippen LogP contribution in [0.5, 0.6) is 0 Å². The number of rotatable bonds is 0. The highest BCUT2D eigenvalue weighted by molar-refractivity contribution is 7.80. The lowest BCUT2D eigenvalue weighted by molar-refractivity contribution is 0.207. The van der Waals surface area contributed by atoms with Crippen LogP contribution < -0.4 is 5.32 Å². The maximum absolute atomic E-state index is 5.28. The van der Waals surface area contributed by atoms with Crippen molar-refractivity contribution in [1.82, 2.24) is 10.2 Å². The van der Waals surface area contributed by atoms with Crippen LogP contribution in [0.25, 0.3) is 0 Å². The minimum absolute atomic E-state index is 0.331. The van der Waals surface area contributed by atoms with Crippen molar-refractivity contribution in [2.45, 2.75) is 39.7 Å². The van der Waals surface area contributed by atoms with Gasteiger partial charge in [0.25, 0.3) is 0 Å². The molecule has 0 aromatic rings. The van der Waals surface area contributed by atoms with Crippen molar-refractivity contribution < 1.29 is 0 Å². The Morgan fingerprint density at radius 1 is 1.46 bits per heavy atom.